The van der Waals surface area contributed by atoms with Crippen LogP contribution in [0.2, 0.25) is 0 Å². The molecule has 2 heterocycles. The van der Waals surface area contributed by atoms with Gasteiger partial charge in [0.2, 0.25) is 0 Å². The molecule has 16 heavy (non-hydrogen) atoms. The normalized spacial score (nSPS) is 10.9. The van der Waals surface area contributed by atoms with E-state index in [-0.39, 0.29) is 0 Å². The minimum atomic E-state index is 0.858. The fourth-order valence-corrected chi connectivity index (χ4v) is 3.05. The molecule has 2 aromatic rings. The first-order valence-electron chi connectivity index (χ1n) is 5.11. The van der Waals surface area contributed by atoms with Crippen LogP contribution in [0.15, 0.2) is 16.7 Å². The standard InChI is InChI=1S/C11H14BrN3S/c1-7-9(5-14-15-7)4-13-6-10-3-11(12)8(2)16-10/h3,5,13H,4,6H2,1-2H3,(H,14,15). The van der Waals surface area contributed by atoms with Crippen molar-refractivity contribution < 1.29 is 0 Å². The molecular weight excluding hydrogens is 286 g/mol. The number of aryl methyl sites for hydroxylation is 2. The maximum atomic E-state index is 4.00. The van der Waals surface area contributed by atoms with Gasteiger partial charge in [0.25, 0.3) is 0 Å². The number of aromatic nitrogens is 2. The molecule has 0 bridgehead atoms. The predicted octanol–water partition coefficient (Wildman–Crippen LogP) is 3.14. The Hall–Kier alpha value is -0.650. The van der Waals surface area contributed by atoms with Gasteiger partial charge >= 0.3 is 0 Å². The van der Waals surface area contributed by atoms with Crippen LogP contribution in [0, 0.1) is 13.8 Å². The van der Waals surface area contributed by atoms with Gasteiger partial charge in [-0.2, -0.15) is 5.10 Å². The molecular formula is C11H14BrN3S. The Labute approximate surface area is 107 Å². The Balaban J connectivity index is 1.87. The Morgan fingerprint density at radius 2 is 2.25 bits per heavy atom. The van der Waals surface area contributed by atoms with Crippen molar-refractivity contribution in [3.63, 3.8) is 0 Å². The summed E-state index contributed by atoms with van der Waals surface area (Å²) >= 11 is 5.35. The van der Waals surface area contributed by atoms with Crippen LogP contribution < -0.4 is 5.32 Å². The molecule has 0 aliphatic carbocycles. The van der Waals surface area contributed by atoms with Gasteiger partial charge in [0, 0.05) is 38.6 Å². The van der Waals surface area contributed by atoms with Crippen molar-refractivity contribution in [2.24, 2.45) is 0 Å². The average Bonchev–Trinajstić information content (AvgIpc) is 2.76. The van der Waals surface area contributed by atoms with Gasteiger partial charge < -0.3 is 5.32 Å². The smallest absolute Gasteiger partial charge is 0.0535 e. The Morgan fingerprint density at radius 1 is 1.44 bits per heavy atom. The zero-order chi connectivity index (χ0) is 11.5. The van der Waals surface area contributed by atoms with Crippen molar-refractivity contribution in [1.82, 2.24) is 15.5 Å². The average molecular weight is 300 g/mol. The summed E-state index contributed by atoms with van der Waals surface area (Å²) in [5.41, 5.74) is 2.36. The molecule has 0 radical (unpaired) electrons. The molecule has 0 aromatic carbocycles. The number of nitrogens with zero attached hydrogens (tertiary/aromatic N) is 1. The van der Waals surface area contributed by atoms with Gasteiger partial charge in [0.1, 0.15) is 0 Å². The Morgan fingerprint density at radius 3 is 2.81 bits per heavy atom. The lowest BCUT2D eigenvalue weighted by atomic mass is 10.2. The molecule has 0 aliphatic heterocycles. The lowest BCUT2D eigenvalue weighted by molar-refractivity contribution is 0.698. The molecule has 0 spiro atoms. The molecule has 2 aromatic heterocycles. The van der Waals surface area contributed by atoms with Crippen molar-refractivity contribution in [2.75, 3.05) is 0 Å². The van der Waals surface area contributed by atoms with Gasteiger partial charge in [0.05, 0.1) is 6.20 Å². The topological polar surface area (TPSA) is 40.7 Å². The van der Waals surface area contributed by atoms with Crippen LogP contribution in [0.4, 0.5) is 0 Å². The number of halogens is 1. The zero-order valence-corrected chi connectivity index (χ0v) is 11.7. The molecule has 5 heteroatoms. The van der Waals surface area contributed by atoms with Crippen LogP contribution in [0.1, 0.15) is 21.0 Å². The Kier molecular flexibility index (Phi) is 3.78. The highest BCUT2D eigenvalue weighted by atomic mass is 79.9. The number of thiophene rings is 1. The highest BCUT2D eigenvalue weighted by Gasteiger charge is 2.03. The number of H-pyrrole nitrogens is 1. The molecule has 0 aliphatic rings. The van der Waals surface area contributed by atoms with Gasteiger partial charge in [-0.05, 0) is 35.8 Å². The van der Waals surface area contributed by atoms with Crippen LogP contribution in [-0.2, 0) is 13.1 Å². The van der Waals surface area contributed by atoms with E-state index >= 15 is 0 Å². The lowest BCUT2D eigenvalue weighted by Crippen LogP contribution is -2.11. The van der Waals surface area contributed by atoms with E-state index in [1.54, 1.807) is 0 Å². The fourth-order valence-electron chi connectivity index (χ4n) is 1.48. The van der Waals surface area contributed by atoms with Crippen LogP contribution in [0.5, 0.6) is 0 Å². The number of aromatic amines is 1. The van der Waals surface area contributed by atoms with E-state index in [2.05, 4.69) is 44.4 Å². The third-order valence-corrected chi connectivity index (χ3v) is 4.59. The summed E-state index contributed by atoms with van der Waals surface area (Å²) in [6.07, 6.45) is 1.87. The van der Waals surface area contributed by atoms with Gasteiger partial charge in [-0.25, -0.2) is 0 Å². The van der Waals surface area contributed by atoms with E-state index in [0.717, 1.165) is 18.8 Å². The van der Waals surface area contributed by atoms with Crippen LogP contribution in [-0.4, -0.2) is 10.2 Å². The predicted molar refractivity (Wildman–Crippen MR) is 70.6 cm³/mol. The summed E-state index contributed by atoms with van der Waals surface area (Å²) in [6.45, 7) is 5.92. The summed E-state index contributed by atoms with van der Waals surface area (Å²) in [7, 11) is 0. The zero-order valence-electron chi connectivity index (χ0n) is 9.30. The molecule has 0 unspecified atom stereocenters. The molecule has 0 amide bonds. The first kappa shape index (κ1) is 11.8. The van der Waals surface area contributed by atoms with Crippen molar-refractivity contribution >= 4 is 27.3 Å². The van der Waals surface area contributed by atoms with Crippen LogP contribution in [0.3, 0.4) is 0 Å². The van der Waals surface area contributed by atoms with Crippen molar-refractivity contribution in [3.05, 3.63) is 37.7 Å². The molecule has 0 atom stereocenters. The van der Waals surface area contributed by atoms with E-state index in [0.29, 0.717) is 0 Å². The van der Waals surface area contributed by atoms with Crippen molar-refractivity contribution in [3.8, 4) is 0 Å². The minimum absolute atomic E-state index is 0.858. The van der Waals surface area contributed by atoms with Crippen molar-refractivity contribution in [2.45, 2.75) is 26.9 Å². The van der Waals surface area contributed by atoms with Gasteiger partial charge in [0.15, 0.2) is 0 Å². The molecule has 0 saturated carbocycles. The molecule has 2 rings (SSSR count). The van der Waals surface area contributed by atoms with Gasteiger partial charge in [-0.3, -0.25) is 5.10 Å². The first-order chi connectivity index (χ1) is 7.66. The monoisotopic (exact) mass is 299 g/mol. The molecule has 2 N–H and O–H groups in total. The van der Waals surface area contributed by atoms with E-state index in [1.165, 1.54) is 19.8 Å². The maximum absolute atomic E-state index is 4.00. The van der Waals surface area contributed by atoms with E-state index in [9.17, 15) is 0 Å². The molecule has 3 nitrogen and oxygen atoms in total. The lowest BCUT2D eigenvalue weighted by Gasteiger charge is -2.01. The quantitative estimate of drug-likeness (QED) is 0.910. The summed E-state index contributed by atoms with van der Waals surface area (Å²) in [5.74, 6) is 0. The largest absolute Gasteiger partial charge is 0.308 e. The van der Waals surface area contributed by atoms with E-state index < -0.39 is 0 Å². The first-order valence-corrected chi connectivity index (χ1v) is 6.72. The third-order valence-electron chi connectivity index (χ3n) is 2.46. The number of rotatable bonds is 4. The maximum Gasteiger partial charge on any atom is 0.0535 e. The highest BCUT2D eigenvalue weighted by Crippen LogP contribution is 2.26. The summed E-state index contributed by atoms with van der Waals surface area (Å²) in [4.78, 5) is 2.68. The van der Waals surface area contributed by atoms with Gasteiger partial charge in [-0.1, -0.05) is 0 Å². The summed E-state index contributed by atoms with van der Waals surface area (Å²) in [6, 6.07) is 2.18. The fraction of sp³-hybridized carbons (Fsp3) is 0.364. The molecule has 86 valence electrons. The molecule has 0 saturated heterocycles. The number of nitrogens with one attached hydrogen (secondary N) is 2. The SMILES string of the molecule is Cc1[nH]ncc1CNCc1cc(Br)c(C)s1. The van der Waals surface area contributed by atoms with Gasteiger partial charge in [-0.15, -0.1) is 11.3 Å². The number of hydrogen-bond acceptors (Lipinski definition) is 3. The molecule has 0 fully saturated rings. The van der Waals surface area contributed by atoms with Crippen LogP contribution >= 0.6 is 27.3 Å². The second-order valence-electron chi connectivity index (χ2n) is 3.74. The Bertz CT molecular complexity index is 456. The number of hydrogen-bond donors (Lipinski definition) is 2. The second-order valence-corrected chi connectivity index (χ2v) is 5.94. The van der Waals surface area contributed by atoms with E-state index in [4.69, 9.17) is 0 Å². The third kappa shape index (κ3) is 2.72. The van der Waals surface area contributed by atoms with E-state index in [1.807, 2.05) is 24.5 Å². The van der Waals surface area contributed by atoms with Crippen LogP contribution in [0.25, 0.3) is 0 Å². The minimum Gasteiger partial charge on any atom is -0.308 e. The second kappa shape index (κ2) is 5.12. The summed E-state index contributed by atoms with van der Waals surface area (Å²) in [5, 5.41) is 10.3. The summed E-state index contributed by atoms with van der Waals surface area (Å²) < 4.78 is 1.20. The van der Waals surface area contributed by atoms with Crippen molar-refractivity contribution in [1.29, 1.82) is 0 Å². The highest BCUT2D eigenvalue weighted by molar-refractivity contribution is 9.10.